The van der Waals surface area contributed by atoms with Crippen molar-refractivity contribution in [3.05, 3.63) is 60.3 Å². The molecule has 0 aliphatic carbocycles. The van der Waals surface area contributed by atoms with Gasteiger partial charge in [0.15, 0.2) is 0 Å². The summed E-state index contributed by atoms with van der Waals surface area (Å²) in [5, 5.41) is 7.28. The summed E-state index contributed by atoms with van der Waals surface area (Å²) in [5.41, 5.74) is 0.905. The second kappa shape index (κ2) is 9.84. The van der Waals surface area contributed by atoms with Gasteiger partial charge in [-0.3, -0.25) is 9.59 Å². The SMILES string of the molecule is COc1cc(CCC(=O)Nc2c(C(=O)N3CCN(c4ncccn4)CC3)oc3ccccc23)on1. The third-order valence-corrected chi connectivity index (χ3v) is 5.80. The van der Waals surface area contributed by atoms with Crippen LogP contribution in [0.1, 0.15) is 22.7 Å². The lowest BCUT2D eigenvalue weighted by Gasteiger charge is -2.34. The molecule has 1 N–H and O–H groups in total. The van der Waals surface area contributed by atoms with Gasteiger partial charge < -0.3 is 28.8 Å². The Balaban J connectivity index is 1.30. The van der Waals surface area contributed by atoms with Gasteiger partial charge in [-0.05, 0) is 23.4 Å². The summed E-state index contributed by atoms with van der Waals surface area (Å²) in [7, 11) is 1.49. The van der Waals surface area contributed by atoms with Gasteiger partial charge in [-0.25, -0.2) is 9.97 Å². The second-order valence-electron chi connectivity index (χ2n) is 8.01. The Kier molecular flexibility index (Phi) is 6.29. The van der Waals surface area contributed by atoms with E-state index in [1.807, 2.05) is 23.1 Å². The van der Waals surface area contributed by atoms with Gasteiger partial charge in [-0.1, -0.05) is 12.1 Å². The topological polar surface area (TPSA) is 127 Å². The zero-order valence-electron chi connectivity index (χ0n) is 19.1. The number of piperazine rings is 1. The lowest BCUT2D eigenvalue weighted by molar-refractivity contribution is -0.116. The first-order valence-electron chi connectivity index (χ1n) is 11.2. The molecule has 0 saturated carbocycles. The predicted octanol–water partition coefficient (Wildman–Crippen LogP) is 2.75. The maximum absolute atomic E-state index is 13.4. The van der Waals surface area contributed by atoms with Crippen molar-refractivity contribution >= 4 is 34.4 Å². The van der Waals surface area contributed by atoms with Crippen molar-refractivity contribution in [1.82, 2.24) is 20.0 Å². The van der Waals surface area contributed by atoms with Crippen LogP contribution in [0.15, 0.2) is 57.7 Å². The average molecular weight is 476 g/mol. The van der Waals surface area contributed by atoms with Gasteiger partial charge in [0.25, 0.3) is 11.8 Å². The highest BCUT2D eigenvalue weighted by molar-refractivity contribution is 6.10. The molecule has 2 amide bonds. The maximum Gasteiger partial charge on any atom is 0.291 e. The summed E-state index contributed by atoms with van der Waals surface area (Å²) in [4.78, 5) is 38.5. The number of ether oxygens (including phenoxy) is 1. The standard InChI is InChI=1S/C24H24N6O5/c1-33-20-15-16(35-28-20)7-8-19(31)27-21-17-5-2-3-6-18(17)34-22(21)23(32)29-11-13-30(14-12-29)24-25-9-4-10-26-24/h2-6,9-10,15H,7-8,11-14H2,1H3,(H,27,31). The van der Waals surface area contributed by atoms with Crippen molar-refractivity contribution in [2.45, 2.75) is 12.8 Å². The molecule has 1 aliphatic rings. The molecule has 0 atom stereocenters. The zero-order valence-corrected chi connectivity index (χ0v) is 19.1. The number of nitrogens with zero attached hydrogens (tertiary/aromatic N) is 5. The fourth-order valence-corrected chi connectivity index (χ4v) is 3.97. The summed E-state index contributed by atoms with van der Waals surface area (Å²) in [6, 6.07) is 10.6. The van der Waals surface area contributed by atoms with Gasteiger partial charge >= 0.3 is 0 Å². The Morgan fingerprint density at radius 1 is 1.09 bits per heavy atom. The smallest absolute Gasteiger partial charge is 0.291 e. The van der Waals surface area contributed by atoms with Gasteiger partial charge in [0, 0.05) is 62.9 Å². The quantitative estimate of drug-likeness (QED) is 0.428. The van der Waals surface area contributed by atoms with E-state index in [-0.39, 0.29) is 24.0 Å². The van der Waals surface area contributed by atoms with Crippen LogP contribution in [0.5, 0.6) is 5.88 Å². The number of fused-ring (bicyclic) bond motifs is 1. The number of aromatic nitrogens is 3. The molecule has 5 rings (SSSR count). The molecule has 11 heteroatoms. The molecule has 4 aromatic rings. The van der Waals surface area contributed by atoms with E-state index in [0.717, 1.165) is 0 Å². The molecule has 0 radical (unpaired) electrons. The zero-order chi connectivity index (χ0) is 24.2. The Labute approximate surface area is 200 Å². The van der Waals surface area contributed by atoms with E-state index < -0.39 is 0 Å². The molecule has 1 fully saturated rings. The molecule has 3 aromatic heterocycles. The van der Waals surface area contributed by atoms with E-state index in [1.165, 1.54) is 7.11 Å². The number of aryl methyl sites for hydroxylation is 1. The van der Waals surface area contributed by atoms with Gasteiger partial charge in [-0.2, -0.15) is 0 Å². The monoisotopic (exact) mass is 476 g/mol. The Hall–Kier alpha value is -4.41. The summed E-state index contributed by atoms with van der Waals surface area (Å²) in [6.07, 6.45) is 3.87. The molecular weight excluding hydrogens is 452 g/mol. The number of methoxy groups -OCH3 is 1. The molecule has 4 heterocycles. The number of anilines is 2. The first-order valence-corrected chi connectivity index (χ1v) is 11.2. The maximum atomic E-state index is 13.4. The Morgan fingerprint density at radius 2 is 1.86 bits per heavy atom. The van der Waals surface area contributed by atoms with Crippen molar-refractivity contribution < 1.29 is 23.3 Å². The number of furan rings is 1. The van der Waals surface area contributed by atoms with Crippen molar-refractivity contribution in [1.29, 1.82) is 0 Å². The van der Waals surface area contributed by atoms with Crippen molar-refractivity contribution in [3.63, 3.8) is 0 Å². The van der Waals surface area contributed by atoms with E-state index in [2.05, 4.69) is 20.4 Å². The number of nitrogens with one attached hydrogen (secondary N) is 1. The number of rotatable bonds is 7. The molecule has 0 unspecified atom stereocenters. The lowest BCUT2D eigenvalue weighted by atomic mass is 10.2. The average Bonchev–Trinajstić information content (AvgIpc) is 3.52. The summed E-state index contributed by atoms with van der Waals surface area (Å²) < 4.78 is 16.1. The van der Waals surface area contributed by atoms with E-state index >= 15 is 0 Å². The molecular formula is C24H24N6O5. The van der Waals surface area contributed by atoms with E-state index in [1.54, 1.807) is 35.5 Å². The molecule has 35 heavy (non-hydrogen) atoms. The Morgan fingerprint density at radius 3 is 2.60 bits per heavy atom. The van der Waals surface area contributed by atoms with Crippen LogP contribution in [0.4, 0.5) is 11.6 Å². The number of amides is 2. The normalized spacial score (nSPS) is 13.7. The number of carbonyl (C=O) groups excluding carboxylic acids is 2. The minimum atomic E-state index is -0.273. The first kappa shape index (κ1) is 22.4. The minimum Gasteiger partial charge on any atom is -0.479 e. The number of benzene rings is 1. The fraction of sp³-hybridized carbons (Fsp3) is 0.292. The predicted molar refractivity (Wildman–Crippen MR) is 126 cm³/mol. The van der Waals surface area contributed by atoms with E-state index in [4.69, 9.17) is 13.7 Å². The molecule has 1 aliphatic heterocycles. The van der Waals surface area contributed by atoms with E-state index in [0.29, 0.717) is 66.8 Å². The molecule has 180 valence electrons. The first-order chi connectivity index (χ1) is 17.1. The summed E-state index contributed by atoms with van der Waals surface area (Å²) >= 11 is 0. The van der Waals surface area contributed by atoms with Crippen LogP contribution in [0.25, 0.3) is 11.0 Å². The highest BCUT2D eigenvalue weighted by atomic mass is 16.5. The highest BCUT2D eigenvalue weighted by Crippen LogP contribution is 2.32. The lowest BCUT2D eigenvalue weighted by Crippen LogP contribution is -2.49. The van der Waals surface area contributed by atoms with Crippen LogP contribution < -0.4 is 15.0 Å². The van der Waals surface area contributed by atoms with Gasteiger partial charge in [0.2, 0.25) is 17.6 Å². The third-order valence-electron chi connectivity index (χ3n) is 5.80. The third kappa shape index (κ3) is 4.79. The van der Waals surface area contributed by atoms with Gasteiger partial charge in [0.05, 0.1) is 7.11 Å². The number of hydrogen-bond acceptors (Lipinski definition) is 9. The molecule has 0 spiro atoms. The van der Waals surface area contributed by atoms with Crippen molar-refractivity contribution in [3.8, 4) is 5.88 Å². The van der Waals surface area contributed by atoms with Crippen molar-refractivity contribution in [2.24, 2.45) is 0 Å². The molecule has 11 nitrogen and oxygen atoms in total. The molecule has 1 saturated heterocycles. The highest BCUT2D eigenvalue weighted by Gasteiger charge is 2.29. The van der Waals surface area contributed by atoms with E-state index in [9.17, 15) is 9.59 Å². The largest absolute Gasteiger partial charge is 0.479 e. The van der Waals surface area contributed by atoms with Crippen molar-refractivity contribution in [2.75, 3.05) is 43.5 Å². The number of hydrogen-bond donors (Lipinski definition) is 1. The van der Waals surface area contributed by atoms with Crippen LogP contribution in [0.3, 0.4) is 0 Å². The van der Waals surface area contributed by atoms with Crippen LogP contribution >= 0.6 is 0 Å². The summed E-state index contributed by atoms with van der Waals surface area (Å²) in [6.45, 7) is 2.15. The number of carbonyl (C=O) groups is 2. The fourth-order valence-electron chi connectivity index (χ4n) is 3.97. The van der Waals surface area contributed by atoms with Crippen LogP contribution in [-0.2, 0) is 11.2 Å². The van der Waals surface area contributed by atoms with Crippen LogP contribution in [-0.4, -0.2) is 65.1 Å². The molecule has 1 aromatic carbocycles. The Bertz CT molecular complexity index is 1330. The number of para-hydroxylation sites is 1. The van der Waals surface area contributed by atoms with Gasteiger partial charge in [0.1, 0.15) is 17.0 Å². The van der Waals surface area contributed by atoms with Crippen LogP contribution in [0, 0.1) is 0 Å². The summed E-state index contributed by atoms with van der Waals surface area (Å²) in [5.74, 6) is 1.10. The second-order valence-corrected chi connectivity index (χ2v) is 8.01. The molecule has 0 bridgehead atoms. The van der Waals surface area contributed by atoms with Gasteiger partial charge in [-0.15, -0.1) is 0 Å². The minimum absolute atomic E-state index is 0.116. The van der Waals surface area contributed by atoms with Crippen LogP contribution in [0.2, 0.25) is 0 Å².